The second-order valence-corrected chi connectivity index (χ2v) is 9.50. The number of rotatable bonds is 6. The largest absolute Gasteiger partial charge is 0.458 e. The molecule has 1 aromatic rings. The predicted molar refractivity (Wildman–Crippen MR) is 96.4 cm³/mol. The highest BCUT2D eigenvalue weighted by atomic mass is 32.1. The average Bonchev–Trinajstić information content (AvgIpc) is 2.98. The lowest BCUT2D eigenvalue weighted by Gasteiger charge is -2.56. The van der Waals surface area contributed by atoms with Crippen LogP contribution in [0.3, 0.4) is 0 Å². The third-order valence-corrected chi connectivity index (χ3v) is 7.42. The summed E-state index contributed by atoms with van der Waals surface area (Å²) >= 11 is 1.29. The second-order valence-electron chi connectivity index (χ2n) is 8.61. The number of hydrogen-bond donors (Lipinski definition) is 0. The van der Waals surface area contributed by atoms with E-state index in [1.165, 1.54) is 30.6 Å². The number of hydrogen-bond acceptors (Lipinski definition) is 6. The number of carbonyl (C=O) groups excluding carboxylic acids is 2. The molecule has 0 aliphatic heterocycles. The van der Waals surface area contributed by atoms with Crippen molar-refractivity contribution in [2.45, 2.75) is 57.8 Å². The molecule has 5 rings (SSSR count). The first-order valence-electron chi connectivity index (χ1n) is 9.46. The molecule has 0 amide bonds. The van der Waals surface area contributed by atoms with Gasteiger partial charge >= 0.3 is 5.97 Å². The van der Waals surface area contributed by atoms with Crippen molar-refractivity contribution < 1.29 is 14.3 Å². The Hall–Kier alpha value is -1.74. The van der Waals surface area contributed by atoms with Gasteiger partial charge in [-0.2, -0.15) is 5.26 Å². The van der Waals surface area contributed by atoms with Crippen molar-refractivity contribution in [2.75, 3.05) is 6.61 Å². The first kappa shape index (κ1) is 17.7. The van der Waals surface area contributed by atoms with E-state index in [-0.39, 0.29) is 23.8 Å². The molecule has 4 saturated carbocycles. The molecule has 0 radical (unpaired) electrons. The van der Waals surface area contributed by atoms with Gasteiger partial charge in [0.2, 0.25) is 0 Å². The van der Waals surface area contributed by atoms with E-state index in [9.17, 15) is 14.9 Å². The Morgan fingerprint density at radius 3 is 2.42 bits per heavy atom. The first-order valence-corrected chi connectivity index (χ1v) is 10.3. The van der Waals surface area contributed by atoms with Gasteiger partial charge in [-0.1, -0.05) is 0 Å². The number of aromatic nitrogens is 1. The van der Waals surface area contributed by atoms with Crippen LogP contribution >= 0.6 is 11.3 Å². The number of aryl methyl sites for hydroxylation is 1. The van der Waals surface area contributed by atoms with Crippen molar-refractivity contribution >= 4 is 23.1 Å². The number of nitrogens with zero attached hydrogens (tertiary/aromatic N) is 2. The molecule has 0 aromatic carbocycles. The van der Waals surface area contributed by atoms with Gasteiger partial charge in [-0.15, -0.1) is 11.3 Å². The smallest absolute Gasteiger partial charge is 0.306 e. The normalized spacial score (nSPS) is 32.8. The van der Waals surface area contributed by atoms with E-state index in [2.05, 4.69) is 4.98 Å². The monoisotopic (exact) mass is 372 g/mol. The van der Waals surface area contributed by atoms with E-state index < -0.39 is 5.92 Å². The maximum Gasteiger partial charge on any atom is 0.306 e. The summed E-state index contributed by atoms with van der Waals surface area (Å²) in [7, 11) is 0. The van der Waals surface area contributed by atoms with Crippen LogP contribution in [0, 0.1) is 41.4 Å². The molecular weight excluding hydrogens is 348 g/mol. The lowest BCUT2D eigenvalue weighted by atomic mass is 9.49. The average molecular weight is 372 g/mol. The van der Waals surface area contributed by atoms with Crippen molar-refractivity contribution in [1.29, 1.82) is 5.26 Å². The molecule has 0 spiro atoms. The number of ketones is 1. The second kappa shape index (κ2) is 6.77. The van der Waals surface area contributed by atoms with Crippen LogP contribution in [0.25, 0.3) is 0 Å². The van der Waals surface area contributed by atoms with Crippen LogP contribution in [0.1, 0.15) is 61.6 Å². The van der Waals surface area contributed by atoms with Gasteiger partial charge in [0.15, 0.2) is 18.3 Å². The molecule has 4 bridgehead atoms. The zero-order valence-electron chi connectivity index (χ0n) is 15.1. The van der Waals surface area contributed by atoms with Gasteiger partial charge in [-0.05, 0) is 68.6 Å². The van der Waals surface area contributed by atoms with Crippen LogP contribution in [-0.2, 0) is 14.3 Å². The van der Waals surface area contributed by atoms with E-state index in [4.69, 9.17) is 4.74 Å². The molecule has 26 heavy (non-hydrogen) atoms. The predicted octanol–water partition coefficient (Wildman–Crippen LogP) is 3.78. The minimum Gasteiger partial charge on any atom is -0.458 e. The minimum atomic E-state index is -0.943. The van der Waals surface area contributed by atoms with Gasteiger partial charge in [0.05, 0.1) is 12.5 Å². The molecule has 1 heterocycles. The lowest BCUT2D eigenvalue weighted by Crippen LogP contribution is -2.47. The van der Waals surface area contributed by atoms with Gasteiger partial charge in [0.1, 0.15) is 5.01 Å². The standard InChI is InChI=1S/C20H24N2O3S/c1-12-11-26-19(22-12)16(9-21)17(23)10-25-18(24)8-20-5-13-2-14(6-20)4-15(3-13)7-20/h11,13-16H,2-8,10H2,1H3/t13?,14?,15?,16-,20?/m0/s1. The molecule has 0 unspecified atom stereocenters. The van der Waals surface area contributed by atoms with Gasteiger partial charge < -0.3 is 4.74 Å². The SMILES string of the molecule is Cc1csc([C@@H](C#N)C(=O)COC(=O)CC23CC4CC(CC(C4)C2)C3)n1. The number of esters is 1. The zero-order valence-corrected chi connectivity index (χ0v) is 15.9. The van der Waals surface area contributed by atoms with E-state index >= 15 is 0 Å². The third kappa shape index (κ3) is 3.42. The molecule has 4 aliphatic rings. The summed E-state index contributed by atoms with van der Waals surface area (Å²) in [4.78, 5) is 28.9. The molecule has 138 valence electrons. The summed E-state index contributed by atoms with van der Waals surface area (Å²) in [6.07, 6.45) is 7.86. The Labute approximate surface area is 157 Å². The highest BCUT2D eigenvalue weighted by Gasteiger charge is 2.51. The summed E-state index contributed by atoms with van der Waals surface area (Å²) in [6.45, 7) is 1.49. The van der Waals surface area contributed by atoms with Gasteiger partial charge in [-0.25, -0.2) is 4.98 Å². The van der Waals surface area contributed by atoms with Crippen molar-refractivity contribution in [1.82, 2.24) is 4.98 Å². The summed E-state index contributed by atoms with van der Waals surface area (Å²) in [6, 6.07) is 1.99. The van der Waals surface area contributed by atoms with Crippen molar-refractivity contribution in [2.24, 2.45) is 23.2 Å². The van der Waals surface area contributed by atoms with E-state index in [0.29, 0.717) is 11.4 Å². The van der Waals surface area contributed by atoms with Crippen LogP contribution in [-0.4, -0.2) is 23.3 Å². The van der Waals surface area contributed by atoms with Crippen LogP contribution in [0.4, 0.5) is 0 Å². The summed E-state index contributed by atoms with van der Waals surface area (Å²) in [5.41, 5.74) is 0.896. The number of nitriles is 1. The topological polar surface area (TPSA) is 80.0 Å². The maximum absolute atomic E-state index is 12.4. The number of carbonyl (C=O) groups is 2. The molecule has 1 atom stereocenters. The molecule has 4 aliphatic carbocycles. The van der Waals surface area contributed by atoms with Gasteiger partial charge in [-0.3, -0.25) is 9.59 Å². The summed E-state index contributed by atoms with van der Waals surface area (Å²) in [5.74, 6) is 0.736. The van der Waals surface area contributed by atoms with Gasteiger partial charge in [0.25, 0.3) is 0 Å². The minimum absolute atomic E-state index is 0.107. The Morgan fingerprint density at radius 1 is 1.31 bits per heavy atom. The van der Waals surface area contributed by atoms with Crippen LogP contribution in [0.15, 0.2) is 5.38 Å². The molecule has 1 aromatic heterocycles. The maximum atomic E-state index is 12.4. The van der Waals surface area contributed by atoms with E-state index in [0.717, 1.165) is 42.7 Å². The highest BCUT2D eigenvalue weighted by Crippen LogP contribution is 2.61. The fourth-order valence-corrected chi connectivity index (χ4v) is 6.73. The zero-order chi connectivity index (χ0) is 18.3. The van der Waals surface area contributed by atoms with Crippen molar-refractivity contribution in [3.05, 3.63) is 16.1 Å². The summed E-state index contributed by atoms with van der Waals surface area (Å²) in [5, 5.41) is 11.6. The molecular formula is C20H24N2O3S. The summed E-state index contributed by atoms with van der Waals surface area (Å²) < 4.78 is 5.29. The van der Waals surface area contributed by atoms with Crippen molar-refractivity contribution in [3.8, 4) is 6.07 Å². The Balaban J connectivity index is 1.33. The number of Topliss-reactive ketones (excluding diaryl/α,β-unsaturated/α-hetero) is 1. The first-order chi connectivity index (χ1) is 12.5. The molecule has 0 N–H and O–H groups in total. The van der Waals surface area contributed by atoms with Crippen molar-refractivity contribution in [3.63, 3.8) is 0 Å². The molecule has 6 heteroatoms. The van der Waals surface area contributed by atoms with E-state index in [1.807, 2.05) is 18.4 Å². The molecule has 4 fully saturated rings. The molecule has 0 saturated heterocycles. The van der Waals surface area contributed by atoms with Crippen LogP contribution in [0.2, 0.25) is 0 Å². The molecule has 5 nitrogen and oxygen atoms in total. The van der Waals surface area contributed by atoms with Gasteiger partial charge in [0, 0.05) is 11.1 Å². The highest BCUT2D eigenvalue weighted by molar-refractivity contribution is 7.09. The Bertz CT molecular complexity index is 728. The van der Waals surface area contributed by atoms with E-state index in [1.54, 1.807) is 0 Å². The number of ether oxygens (including phenoxy) is 1. The van der Waals surface area contributed by atoms with Crippen LogP contribution in [0.5, 0.6) is 0 Å². The quantitative estimate of drug-likeness (QED) is 0.710. The van der Waals surface area contributed by atoms with Crippen LogP contribution < -0.4 is 0 Å². The fraction of sp³-hybridized carbons (Fsp3) is 0.700. The Morgan fingerprint density at radius 2 is 1.92 bits per heavy atom. The Kier molecular flexibility index (Phi) is 4.60. The third-order valence-electron chi connectivity index (χ3n) is 6.39. The lowest BCUT2D eigenvalue weighted by molar-refractivity contribution is -0.155. The fourth-order valence-electron chi connectivity index (χ4n) is 5.87. The number of thiazole rings is 1.